The van der Waals surface area contributed by atoms with E-state index >= 15 is 0 Å². The number of rotatable bonds is 6. The van der Waals surface area contributed by atoms with E-state index in [1.165, 1.54) is 17.8 Å². The quantitative estimate of drug-likeness (QED) is 0.812. The maximum atomic E-state index is 13.2. The SMILES string of the molecule is CC(C)(C)CS(=O)(=O)c1ccc(SC/C(F)=C\CN)cc1. The lowest BCUT2D eigenvalue weighted by molar-refractivity contribution is 0.461. The van der Waals surface area contributed by atoms with E-state index in [-0.39, 0.29) is 29.3 Å². The largest absolute Gasteiger partial charge is 0.327 e. The Labute approximate surface area is 130 Å². The van der Waals surface area contributed by atoms with E-state index in [1.807, 2.05) is 20.8 Å². The number of benzene rings is 1. The van der Waals surface area contributed by atoms with Crippen LogP contribution in [0.3, 0.4) is 0 Å². The fraction of sp³-hybridized carbons (Fsp3) is 0.467. The minimum atomic E-state index is -3.29. The Morgan fingerprint density at radius 2 is 1.86 bits per heavy atom. The predicted octanol–water partition coefficient (Wildman–Crippen LogP) is 3.41. The predicted molar refractivity (Wildman–Crippen MR) is 86.9 cm³/mol. The van der Waals surface area contributed by atoms with Gasteiger partial charge in [-0.05, 0) is 35.8 Å². The molecule has 0 amide bonds. The minimum Gasteiger partial charge on any atom is -0.327 e. The fourth-order valence-electron chi connectivity index (χ4n) is 1.74. The van der Waals surface area contributed by atoms with Crippen molar-refractivity contribution in [1.29, 1.82) is 0 Å². The molecule has 0 unspecified atom stereocenters. The van der Waals surface area contributed by atoms with Crippen LogP contribution in [0.2, 0.25) is 0 Å². The molecule has 2 N–H and O–H groups in total. The van der Waals surface area contributed by atoms with Gasteiger partial charge in [0, 0.05) is 17.2 Å². The summed E-state index contributed by atoms with van der Waals surface area (Å²) in [7, 11) is -3.29. The molecule has 0 spiro atoms. The van der Waals surface area contributed by atoms with Crippen LogP contribution in [-0.4, -0.2) is 26.5 Å². The van der Waals surface area contributed by atoms with Gasteiger partial charge in [-0.2, -0.15) is 0 Å². The van der Waals surface area contributed by atoms with Gasteiger partial charge in [0.05, 0.1) is 10.6 Å². The summed E-state index contributed by atoms with van der Waals surface area (Å²) in [6.07, 6.45) is 1.33. The summed E-state index contributed by atoms with van der Waals surface area (Å²) >= 11 is 1.31. The molecule has 0 saturated heterocycles. The van der Waals surface area contributed by atoms with E-state index < -0.39 is 9.84 Å². The monoisotopic (exact) mass is 331 g/mol. The van der Waals surface area contributed by atoms with Gasteiger partial charge in [-0.15, -0.1) is 11.8 Å². The fourth-order valence-corrected chi connectivity index (χ4v) is 4.34. The van der Waals surface area contributed by atoms with E-state index in [0.717, 1.165) is 4.90 Å². The lowest BCUT2D eigenvalue weighted by Crippen LogP contribution is -2.20. The van der Waals surface area contributed by atoms with Crippen LogP contribution in [0.25, 0.3) is 0 Å². The molecule has 0 aromatic heterocycles. The van der Waals surface area contributed by atoms with Crippen molar-refractivity contribution < 1.29 is 12.8 Å². The van der Waals surface area contributed by atoms with Crippen molar-refractivity contribution in [2.75, 3.05) is 18.1 Å². The maximum Gasteiger partial charge on any atom is 0.178 e. The van der Waals surface area contributed by atoms with Gasteiger partial charge in [-0.25, -0.2) is 12.8 Å². The Kier molecular flexibility index (Phi) is 6.43. The molecule has 0 aliphatic rings. The Morgan fingerprint density at radius 1 is 1.29 bits per heavy atom. The first-order valence-electron chi connectivity index (χ1n) is 6.64. The average Bonchev–Trinajstić information content (AvgIpc) is 2.34. The van der Waals surface area contributed by atoms with E-state index in [2.05, 4.69) is 0 Å². The summed E-state index contributed by atoms with van der Waals surface area (Å²) < 4.78 is 37.6. The summed E-state index contributed by atoms with van der Waals surface area (Å²) in [5.74, 6) is 0.0259. The highest BCUT2D eigenvalue weighted by Gasteiger charge is 2.23. The molecule has 1 aromatic rings. The summed E-state index contributed by atoms with van der Waals surface area (Å²) in [6, 6.07) is 6.56. The Morgan fingerprint density at radius 3 is 2.33 bits per heavy atom. The van der Waals surface area contributed by atoms with Gasteiger partial charge < -0.3 is 5.73 Å². The van der Waals surface area contributed by atoms with Crippen LogP contribution in [0.1, 0.15) is 20.8 Å². The van der Waals surface area contributed by atoms with E-state index in [0.29, 0.717) is 4.90 Å². The van der Waals surface area contributed by atoms with Crippen LogP contribution in [-0.2, 0) is 9.84 Å². The van der Waals surface area contributed by atoms with E-state index in [4.69, 9.17) is 5.73 Å². The zero-order valence-electron chi connectivity index (χ0n) is 12.6. The highest BCUT2D eigenvalue weighted by atomic mass is 32.2. The van der Waals surface area contributed by atoms with Crippen LogP contribution < -0.4 is 5.73 Å². The Bertz CT molecular complexity index is 587. The maximum absolute atomic E-state index is 13.2. The van der Waals surface area contributed by atoms with Crippen molar-refractivity contribution in [3.05, 3.63) is 36.2 Å². The van der Waals surface area contributed by atoms with Crippen LogP contribution in [0.5, 0.6) is 0 Å². The zero-order valence-corrected chi connectivity index (χ0v) is 14.2. The number of hydrogen-bond donors (Lipinski definition) is 1. The van der Waals surface area contributed by atoms with Gasteiger partial charge in [-0.3, -0.25) is 0 Å². The summed E-state index contributed by atoms with van der Waals surface area (Å²) in [5.41, 5.74) is 4.93. The molecule has 0 aliphatic carbocycles. The van der Waals surface area contributed by atoms with E-state index in [1.54, 1.807) is 24.3 Å². The number of hydrogen-bond acceptors (Lipinski definition) is 4. The van der Waals surface area contributed by atoms with Crippen molar-refractivity contribution in [2.24, 2.45) is 11.1 Å². The third-order valence-electron chi connectivity index (χ3n) is 2.52. The number of nitrogens with two attached hydrogens (primary N) is 1. The molecule has 21 heavy (non-hydrogen) atoms. The molecule has 1 aromatic carbocycles. The normalized spacial score (nSPS) is 13.5. The molecule has 0 radical (unpaired) electrons. The third kappa shape index (κ3) is 6.63. The molecule has 0 saturated carbocycles. The summed E-state index contributed by atoms with van der Waals surface area (Å²) in [4.78, 5) is 1.13. The van der Waals surface area contributed by atoms with Crippen molar-refractivity contribution in [3.8, 4) is 0 Å². The van der Waals surface area contributed by atoms with Crippen molar-refractivity contribution in [1.82, 2.24) is 0 Å². The van der Waals surface area contributed by atoms with Gasteiger partial charge >= 0.3 is 0 Å². The number of sulfone groups is 1. The molecular formula is C15H22FNO2S2. The summed E-state index contributed by atoms with van der Waals surface area (Å²) in [6.45, 7) is 5.85. The van der Waals surface area contributed by atoms with E-state index in [9.17, 15) is 12.8 Å². The molecule has 1 rings (SSSR count). The molecule has 0 heterocycles. The molecule has 6 heteroatoms. The van der Waals surface area contributed by atoms with Gasteiger partial charge in [0.25, 0.3) is 0 Å². The minimum absolute atomic E-state index is 0.0976. The molecule has 0 fully saturated rings. The second-order valence-electron chi connectivity index (χ2n) is 5.97. The number of thioether (sulfide) groups is 1. The second-order valence-corrected chi connectivity index (χ2v) is 9.00. The van der Waals surface area contributed by atoms with Gasteiger partial charge in [-0.1, -0.05) is 20.8 Å². The Hall–Kier alpha value is -0.850. The standard InChI is InChI=1S/C15H22FNO2S2/c1-15(2,3)11-21(18,19)14-6-4-13(5-7-14)20-10-12(16)8-9-17/h4-8H,9-11,17H2,1-3H3/b12-8+. The third-order valence-corrected chi connectivity index (χ3v) is 5.78. The molecule has 0 aliphatic heterocycles. The van der Waals surface area contributed by atoms with Crippen LogP contribution in [0.4, 0.5) is 4.39 Å². The topological polar surface area (TPSA) is 60.2 Å². The van der Waals surface area contributed by atoms with Crippen LogP contribution in [0, 0.1) is 5.41 Å². The van der Waals surface area contributed by atoms with Crippen molar-refractivity contribution in [2.45, 2.75) is 30.6 Å². The highest BCUT2D eigenvalue weighted by Crippen LogP contribution is 2.25. The lowest BCUT2D eigenvalue weighted by Gasteiger charge is -2.18. The smallest absolute Gasteiger partial charge is 0.178 e. The average molecular weight is 331 g/mol. The van der Waals surface area contributed by atoms with Gasteiger partial charge in [0.1, 0.15) is 5.83 Å². The molecule has 3 nitrogen and oxygen atoms in total. The van der Waals surface area contributed by atoms with Gasteiger partial charge in [0.15, 0.2) is 9.84 Å². The first-order valence-corrected chi connectivity index (χ1v) is 9.28. The lowest BCUT2D eigenvalue weighted by atomic mass is 10.0. The summed E-state index contributed by atoms with van der Waals surface area (Å²) in [5, 5.41) is 0. The number of halogens is 1. The first kappa shape index (κ1) is 18.2. The molecule has 0 bridgehead atoms. The van der Waals surface area contributed by atoms with Crippen LogP contribution in [0.15, 0.2) is 46.0 Å². The molecule has 118 valence electrons. The van der Waals surface area contributed by atoms with Crippen molar-refractivity contribution in [3.63, 3.8) is 0 Å². The van der Waals surface area contributed by atoms with Crippen LogP contribution >= 0.6 is 11.8 Å². The zero-order chi connectivity index (χ0) is 16.1. The Balaban J connectivity index is 2.76. The molecule has 0 atom stereocenters. The first-order chi connectivity index (χ1) is 9.64. The highest BCUT2D eigenvalue weighted by molar-refractivity contribution is 7.99. The second kappa shape index (κ2) is 7.42. The molecular weight excluding hydrogens is 309 g/mol. The van der Waals surface area contributed by atoms with Gasteiger partial charge in [0.2, 0.25) is 0 Å². The van der Waals surface area contributed by atoms with Crippen molar-refractivity contribution >= 4 is 21.6 Å².